The molecule has 0 radical (unpaired) electrons. The van der Waals surface area contributed by atoms with Gasteiger partial charge in [0, 0.05) is 12.2 Å². The molecule has 4 rings (SSSR count). The number of benzene rings is 2. The summed E-state index contributed by atoms with van der Waals surface area (Å²) >= 11 is 1.11. The van der Waals surface area contributed by atoms with Gasteiger partial charge >= 0.3 is 0 Å². The first-order chi connectivity index (χ1) is 15.9. The number of carbonyl (C=O) groups excluding carboxylic acids is 1. The Bertz CT molecular complexity index is 1370. The number of carbonyl (C=O) groups is 1. The predicted octanol–water partition coefficient (Wildman–Crippen LogP) is 3.98. The van der Waals surface area contributed by atoms with Gasteiger partial charge in [0.25, 0.3) is 5.56 Å². The van der Waals surface area contributed by atoms with Crippen molar-refractivity contribution in [1.29, 1.82) is 0 Å². The molecule has 0 fully saturated rings. The zero-order chi connectivity index (χ0) is 23.5. The second kappa shape index (κ2) is 9.53. The minimum absolute atomic E-state index is 0.0142. The van der Waals surface area contributed by atoms with E-state index in [1.165, 1.54) is 41.0 Å². The number of anilines is 1. The Labute approximate surface area is 192 Å². The summed E-state index contributed by atoms with van der Waals surface area (Å²) in [7, 11) is 0. The van der Waals surface area contributed by atoms with Crippen LogP contribution in [0.15, 0.2) is 58.5 Å². The van der Waals surface area contributed by atoms with E-state index in [4.69, 9.17) is 0 Å². The number of halogens is 2. The van der Waals surface area contributed by atoms with Gasteiger partial charge in [-0.25, -0.2) is 13.8 Å². The highest BCUT2D eigenvalue weighted by molar-refractivity contribution is 7.99. The molecule has 170 valence electrons. The third-order valence-electron chi connectivity index (χ3n) is 5.00. The number of aromatic nitrogens is 4. The summed E-state index contributed by atoms with van der Waals surface area (Å²) in [5.74, 6) is -1.10. The average molecular weight is 470 g/mol. The molecule has 1 amide bonds. The van der Waals surface area contributed by atoms with Crippen molar-refractivity contribution in [3.63, 3.8) is 0 Å². The Balaban J connectivity index is 1.66. The van der Waals surface area contributed by atoms with Gasteiger partial charge in [-0.2, -0.15) is 5.10 Å². The van der Waals surface area contributed by atoms with E-state index in [9.17, 15) is 18.4 Å². The van der Waals surface area contributed by atoms with Gasteiger partial charge in [-0.15, -0.1) is 0 Å². The molecule has 10 heteroatoms. The van der Waals surface area contributed by atoms with Crippen LogP contribution in [0.3, 0.4) is 0 Å². The van der Waals surface area contributed by atoms with Gasteiger partial charge in [0.2, 0.25) is 5.91 Å². The molecule has 2 aromatic carbocycles. The number of hydrogen-bond acceptors (Lipinski definition) is 5. The van der Waals surface area contributed by atoms with Gasteiger partial charge in [-0.3, -0.25) is 18.8 Å². The highest BCUT2D eigenvalue weighted by atomic mass is 32.2. The molecule has 2 aromatic heterocycles. The molecule has 0 unspecified atom stereocenters. The standard InChI is InChI=1S/C23H21F2N5O2S/c1-3-30-21-20(14(2)28-30)27-23(29(22(21)32)12-15-4-6-16(24)7-5-15)33-13-19(31)26-18-10-8-17(25)9-11-18/h4-11H,3,12-13H2,1-2H3,(H,26,31). The van der Waals surface area contributed by atoms with Crippen LogP contribution in [0, 0.1) is 18.6 Å². The van der Waals surface area contributed by atoms with Crippen LogP contribution in [0.5, 0.6) is 0 Å². The number of nitrogens with zero attached hydrogens (tertiary/aromatic N) is 4. The molecule has 0 aliphatic carbocycles. The molecule has 33 heavy (non-hydrogen) atoms. The summed E-state index contributed by atoms with van der Waals surface area (Å²) in [4.78, 5) is 30.5. The van der Waals surface area contributed by atoms with Gasteiger partial charge in [0.05, 0.1) is 18.0 Å². The summed E-state index contributed by atoms with van der Waals surface area (Å²) < 4.78 is 29.5. The van der Waals surface area contributed by atoms with Crippen LogP contribution in [0.25, 0.3) is 11.0 Å². The molecule has 0 aliphatic heterocycles. The molecule has 0 atom stereocenters. The summed E-state index contributed by atoms with van der Waals surface area (Å²) in [6.45, 7) is 4.33. The molecule has 0 saturated carbocycles. The zero-order valence-electron chi connectivity index (χ0n) is 18.0. The first-order valence-electron chi connectivity index (χ1n) is 10.3. The second-order valence-corrected chi connectivity index (χ2v) is 8.30. The van der Waals surface area contributed by atoms with Crippen molar-refractivity contribution < 1.29 is 13.6 Å². The minimum atomic E-state index is -0.396. The van der Waals surface area contributed by atoms with Crippen molar-refractivity contribution in [2.24, 2.45) is 0 Å². The van der Waals surface area contributed by atoms with E-state index in [-0.39, 0.29) is 29.6 Å². The molecule has 1 N–H and O–H groups in total. The van der Waals surface area contributed by atoms with E-state index < -0.39 is 5.82 Å². The van der Waals surface area contributed by atoms with Crippen molar-refractivity contribution in [3.8, 4) is 0 Å². The summed E-state index contributed by atoms with van der Waals surface area (Å²) in [5, 5.41) is 7.44. The Kier molecular flexibility index (Phi) is 6.55. The third-order valence-corrected chi connectivity index (χ3v) is 5.97. The third kappa shape index (κ3) is 4.95. The van der Waals surface area contributed by atoms with Crippen LogP contribution in [-0.2, 0) is 17.9 Å². The largest absolute Gasteiger partial charge is 0.325 e. The predicted molar refractivity (Wildman–Crippen MR) is 123 cm³/mol. The van der Waals surface area contributed by atoms with Crippen molar-refractivity contribution in [3.05, 3.63) is 81.8 Å². The van der Waals surface area contributed by atoms with Crippen LogP contribution < -0.4 is 10.9 Å². The molecule has 7 nitrogen and oxygen atoms in total. The van der Waals surface area contributed by atoms with E-state index >= 15 is 0 Å². The number of hydrogen-bond donors (Lipinski definition) is 1. The topological polar surface area (TPSA) is 81.8 Å². The maximum Gasteiger partial charge on any atom is 0.280 e. The zero-order valence-corrected chi connectivity index (χ0v) is 18.8. The molecular weight excluding hydrogens is 448 g/mol. The average Bonchev–Trinajstić information content (AvgIpc) is 3.13. The maximum atomic E-state index is 13.4. The lowest BCUT2D eigenvalue weighted by molar-refractivity contribution is -0.113. The van der Waals surface area contributed by atoms with Crippen LogP contribution in [-0.4, -0.2) is 31.0 Å². The van der Waals surface area contributed by atoms with Crippen molar-refractivity contribution in [2.75, 3.05) is 11.1 Å². The number of aryl methyl sites for hydroxylation is 2. The van der Waals surface area contributed by atoms with E-state index in [0.29, 0.717) is 34.1 Å². The number of thioether (sulfide) groups is 1. The smallest absolute Gasteiger partial charge is 0.280 e. The van der Waals surface area contributed by atoms with E-state index in [0.717, 1.165) is 17.3 Å². The fraction of sp³-hybridized carbons (Fsp3) is 0.217. The van der Waals surface area contributed by atoms with Gasteiger partial charge < -0.3 is 5.32 Å². The Morgan fingerprint density at radius 1 is 1.06 bits per heavy atom. The Morgan fingerprint density at radius 3 is 2.33 bits per heavy atom. The SMILES string of the molecule is CCn1nc(C)c2nc(SCC(=O)Nc3ccc(F)cc3)n(Cc3ccc(F)cc3)c(=O)c21. The Hall–Kier alpha value is -3.53. The highest BCUT2D eigenvalue weighted by Gasteiger charge is 2.19. The van der Waals surface area contributed by atoms with E-state index in [1.54, 1.807) is 23.7 Å². The lowest BCUT2D eigenvalue weighted by Gasteiger charge is -2.13. The van der Waals surface area contributed by atoms with Crippen molar-refractivity contribution in [1.82, 2.24) is 19.3 Å². The van der Waals surface area contributed by atoms with Crippen molar-refractivity contribution >= 4 is 34.4 Å². The lowest BCUT2D eigenvalue weighted by Crippen LogP contribution is -2.26. The fourth-order valence-corrected chi connectivity index (χ4v) is 4.19. The highest BCUT2D eigenvalue weighted by Crippen LogP contribution is 2.21. The molecule has 0 aliphatic rings. The minimum Gasteiger partial charge on any atom is -0.325 e. The number of nitrogens with one attached hydrogen (secondary N) is 1. The molecular formula is C23H21F2N5O2S. The van der Waals surface area contributed by atoms with Crippen LogP contribution in [0.2, 0.25) is 0 Å². The van der Waals surface area contributed by atoms with Gasteiger partial charge in [0.1, 0.15) is 17.2 Å². The lowest BCUT2D eigenvalue weighted by atomic mass is 10.2. The quantitative estimate of drug-likeness (QED) is 0.327. The van der Waals surface area contributed by atoms with Crippen LogP contribution in [0.4, 0.5) is 14.5 Å². The summed E-state index contributed by atoms with van der Waals surface area (Å²) in [6.07, 6.45) is 0. The first kappa shape index (κ1) is 22.7. The molecule has 0 saturated heterocycles. The molecule has 4 aromatic rings. The normalized spacial score (nSPS) is 11.2. The Morgan fingerprint density at radius 2 is 1.70 bits per heavy atom. The number of amides is 1. The molecule has 0 spiro atoms. The van der Waals surface area contributed by atoms with Gasteiger partial charge in [0.15, 0.2) is 10.7 Å². The van der Waals surface area contributed by atoms with E-state index in [2.05, 4.69) is 15.4 Å². The number of fused-ring (bicyclic) bond motifs is 1. The van der Waals surface area contributed by atoms with Gasteiger partial charge in [-0.05, 0) is 55.8 Å². The van der Waals surface area contributed by atoms with E-state index in [1.807, 2.05) is 6.92 Å². The summed E-state index contributed by atoms with van der Waals surface area (Å²) in [5.41, 5.74) is 2.39. The second-order valence-electron chi connectivity index (χ2n) is 7.35. The molecule has 0 bridgehead atoms. The fourth-order valence-electron chi connectivity index (χ4n) is 3.40. The monoisotopic (exact) mass is 469 g/mol. The van der Waals surface area contributed by atoms with Crippen LogP contribution in [0.1, 0.15) is 18.2 Å². The van der Waals surface area contributed by atoms with Crippen molar-refractivity contribution in [2.45, 2.75) is 32.1 Å². The number of rotatable bonds is 7. The molecule has 2 heterocycles. The maximum absolute atomic E-state index is 13.4. The van der Waals surface area contributed by atoms with Crippen LogP contribution >= 0.6 is 11.8 Å². The van der Waals surface area contributed by atoms with Gasteiger partial charge in [-0.1, -0.05) is 23.9 Å². The summed E-state index contributed by atoms with van der Waals surface area (Å²) in [6, 6.07) is 11.3. The first-order valence-corrected chi connectivity index (χ1v) is 11.2.